The first-order valence-corrected chi connectivity index (χ1v) is 10.6. The summed E-state index contributed by atoms with van der Waals surface area (Å²) in [4.78, 5) is 31.4. The van der Waals surface area contributed by atoms with E-state index in [1.807, 2.05) is 4.90 Å². The van der Waals surface area contributed by atoms with E-state index in [1.165, 1.54) is 9.80 Å². The minimum Gasteiger partial charge on any atom is -0.366 e. The Labute approximate surface area is 191 Å². The number of carbonyl (C=O) groups excluding carboxylic acids is 2. The van der Waals surface area contributed by atoms with E-state index in [1.54, 1.807) is 62.4 Å². The van der Waals surface area contributed by atoms with Crippen LogP contribution in [0.3, 0.4) is 0 Å². The van der Waals surface area contributed by atoms with Crippen LogP contribution in [-0.2, 0) is 6.54 Å². The maximum atomic E-state index is 15.2. The second kappa shape index (κ2) is 9.75. The Balaban J connectivity index is 1.70. The van der Waals surface area contributed by atoms with Gasteiger partial charge >= 0.3 is 6.03 Å². The van der Waals surface area contributed by atoms with Crippen molar-refractivity contribution in [2.75, 3.05) is 52.2 Å². The molecular formula is C22H25Cl2FN4O2. The highest BCUT2D eigenvalue weighted by atomic mass is 35.5. The van der Waals surface area contributed by atoms with Gasteiger partial charge in [-0.05, 0) is 18.2 Å². The van der Waals surface area contributed by atoms with Crippen LogP contribution in [0.1, 0.15) is 15.9 Å². The second-order valence-corrected chi connectivity index (χ2v) is 8.47. The molecule has 3 amide bonds. The highest BCUT2D eigenvalue weighted by Gasteiger charge is 2.27. The Bertz CT molecular complexity index is 958. The zero-order valence-corrected chi connectivity index (χ0v) is 19.3. The molecule has 1 fully saturated rings. The van der Waals surface area contributed by atoms with E-state index in [4.69, 9.17) is 23.2 Å². The third kappa shape index (κ3) is 5.05. The zero-order valence-electron chi connectivity index (χ0n) is 17.7. The first-order chi connectivity index (χ1) is 14.7. The van der Waals surface area contributed by atoms with Crippen LogP contribution < -0.4 is 4.90 Å². The minimum atomic E-state index is -0.352. The van der Waals surface area contributed by atoms with Crippen LogP contribution in [0.5, 0.6) is 0 Å². The topological polar surface area (TPSA) is 47.1 Å². The van der Waals surface area contributed by atoms with E-state index in [0.29, 0.717) is 53.0 Å². The number of hydrogen-bond acceptors (Lipinski definition) is 3. The Hall–Kier alpha value is -2.51. The van der Waals surface area contributed by atoms with Crippen molar-refractivity contribution >= 4 is 40.8 Å². The first kappa shape index (κ1) is 23.2. The highest BCUT2D eigenvalue weighted by molar-refractivity contribution is 6.39. The van der Waals surface area contributed by atoms with Crippen molar-refractivity contribution in [3.63, 3.8) is 0 Å². The van der Waals surface area contributed by atoms with Gasteiger partial charge in [0.25, 0.3) is 5.91 Å². The monoisotopic (exact) mass is 466 g/mol. The number of anilines is 1. The fraction of sp³-hybridized carbons (Fsp3) is 0.364. The Morgan fingerprint density at radius 2 is 1.55 bits per heavy atom. The number of amides is 3. The van der Waals surface area contributed by atoms with Crippen LogP contribution in [0.4, 0.5) is 14.9 Å². The van der Waals surface area contributed by atoms with Gasteiger partial charge in [0.05, 0.1) is 27.8 Å². The van der Waals surface area contributed by atoms with E-state index >= 15 is 4.39 Å². The molecule has 0 atom stereocenters. The zero-order chi connectivity index (χ0) is 22.7. The van der Waals surface area contributed by atoms with Crippen molar-refractivity contribution in [1.82, 2.24) is 14.7 Å². The van der Waals surface area contributed by atoms with Gasteiger partial charge < -0.3 is 19.6 Å². The van der Waals surface area contributed by atoms with Gasteiger partial charge in [-0.15, -0.1) is 0 Å². The number of hydrogen-bond donors (Lipinski definition) is 0. The summed E-state index contributed by atoms with van der Waals surface area (Å²) in [7, 11) is 4.95. The molecule has 0 unspecified atom stereocenters. The summed E-state index contributed by atoms with van der Waals surface area (Å²) in [5, 5.41) is 0.630. The maximum absolute atomic E-state index is 15.2. The molecule has 0 bridgehead atoms. The van der Waals surface area contributed by atoms with Crippen LogP contribution in [-0.4, -0.2) is 74.0 Å². The summed E-state index contributed by atoms with van der Waals surface area (Å²) in [6.07, 6.45) is 0. The number of rotatable bonds is 4. The van der Waals surface area contributed by atoms with Crippen LogP contribution in [0.15, 0.2) is 36.4 Å². The molecule has 0 saturated carbocycles. The van der Waals surface area contributed by atoms with Crippen molar-refractivity contribution in [1.29, 1.82) is 0 Å². The molecule has 166 valence electrons. The molecule has 0 aliphatic carbocycles. The van der Waals surface area contributed by atoms with Gasteiger partial charge in [0.2, 0.25) is 0 Å². The number of piperazine rings is 1. The van der Waals surface area contributed by atoms with Crippen LogP contribution in [0.2, 0.25) is 10.0 Å². The maximum Gasteiger partial charge on any atom is 0.319 e. The molecular weight excluding hydrogens is 442 g/mol. The van der Waals surface area contributed by atoms with E-state index in [2.05, 4.69) is 0 Å². The SMILES string of the molecule is CN(C)C(=O)N(C)Cc1cccc(N2CCN(C(=O)c3c(Cl)cccc3Cl)CC2)c1F. The largest absolute Gasteiger partial charge is 0.366 e. The lowest BCUT2D eigenvalue weighted by Gasteiger charge is -2.36. The first-order valence-electron chi connectivity index (χ1n) is 9.88. The van der Waals surface area contributed by atoms with E-state index in [0.717, 1.165) is 0 Å². The van der Waals surface area contributed by atoms with Crippen molar-refractivity contribution in [3.05, 3.63) is 63.4 Å². The predicted molar refractivity (Wildman–Crippen MR) is 122 cm³/mol. The normalized spacial score (nSPS) is 13.9. The third-order valence-electron chi connectivity index (χ3n) is 5.26. The summed E-state index contributed by atoms with van der Waals surface area (Å²) in [5.74, 6) is -0.580. The lowest BCUT2D eigenvalue weighted by atomic mass is 10.1. The van der Waals surface area contributed by atoms with Crippen LogP contribution in [0, 0.1) is 5.82 Å². The van der Waals surface area contributed by atoms with E-state index in [9.17, 15) is 9.59 Å². The van der Waals surface area contributed by atoms with Gasteiger partial charge in [-0.25, -0.2) is 9.18 Å². The molecule has 1 saturated heterocycles. The summed E-state index contributed by atoms with van der Waals surface area (Å²) in [6, 6.07) is 9.94. The highest BCUT2D eigenvalue weighted by Crippen LogP contribution is 2.28. The predicted octanol–water partition coefficient (Wildman–Crippen LogP) is 4.21. The van der Waals surface area contributed by atoms with Gasteiger partial charge in [0.15, 0.2) is 5.82 Å². The standard InChI is InChI=1S/C22H25Cl2FN4O2/c1-26(2)22(31)27(3)14-15-6-4-9-18(20(15)25)28-10-12-29(13-11-28)21(30)19-16(23)7-5-8-17(19)24/h4-9H,10-14H2,1-3H3. The van der Waals surface area contributed by atoms with Gasteiger partial charge in [-0.2, -0.15) is 0 Å². The summed E-state index contributed by atoms with van der Waals surface area (Å²) >= 11 is 12.3. The second-order valence-electron chi connectivity index (χ2n) is 7.66. The Morgan fingerprint density at radius 3 is 2.13 bits per heavy atom. The third-order valence-corrected chi connectivity index (χ3v) is 5.89. The number of urea groups is 1. The number of nitrogens with zero attached hydrogens (tertiary/aromatic N) is 4. The lowest BCUT2D eigenvalue weighted by molar-refractivity contribution is 0.0747. The molecule has 1 aliphatic heterocycles. The molecule has 3 rings (SSSR count). The van der Waals surface area contributed by atoms with Crippen LogP contribution >= 0.6 is 23.2 Å². The smallest absolute Gasteiger partial charge is 0.319 e. The molecule has 9 heteroatoms. The molecule has 2 aromatic rings. The van der Waals surface area contributed by atoms with Crippen molar-refractivity contribution in [3.8, 4) is 0 Å². The number of benzene rings is 2. The van der Waals surface area contributed by atoms with Gasteiger partial charge in [-0.1, -0.05) is 41.4 Å². The van der Waals surface area contributed by atoms with Gasteiger partial charge in [0.1, 0.15) is 0 Å². The fourth-order valence-electron chi connectivity index (χ4n) is 3.61. The summed E-state index contributed by atoms with van der Waals surface area (Å²) in [6.45, 7) is 1.95. The van der Waals surface area contributed by atoms with Crippen molar-refractivity contribution in [2.45, 2.75) is 6.54 Å². The minimum absolute atomic E-state index is 0.167. The van der Waals surface area contributed by atoms with Crippen LogP contribution in [0.25, 0.3) is 0 Å². The average Bonchev–Trinajstić information content (AvgIpc) is 2.74. The summed E-state index contributed by atoms with van der Waals surface area (Å²) in [5.41, 5.74) is 1.20. The molecule has 31 heavy (non-hydrogen) atoms. The Kier molecular flexibility index (Phi) is 7.28. The molecule has 1 aliphatic rings. The van der Waals surface area contributed by atoms with Gasteiger partial charge in [-0.3, -0.25) is 4.79 Å². The molecule has 0 N–H and O–H groups in total. The van der Waals surface area contributed by atoms with E-state index in [-0.39, 0.29) is 24.3 Å². The van der Waals surface area contributed by atoms with Gasteiger partial charge in [0, 0.05) is 52.9 Å². The summed E-state index contributed by atoms with van der Waals surface area (Å²) < 4.78 is 15.2. The molecule has 0 aromatic heterocycles. The average molecular weight is 467 g/mol. The lowest BCUT2D eigenvalue weighted by Crippen LogP contribution is -2.49. The molecule has 0 radical (unpaired) electrons. The number of halogens is 3. The Morgan fingerprint density at radius 1 is 0.968 bits per heavy atom. The fourth-order valence-corrected chi connectivity index (χ4v) is 4.17. The van der Waals surface area contributed by atoms with Crippen molar-refractivity contribution in [2.24, 2.45) is 0 Å². The number of carbonyl (C=O) groups is 2. The molecule has 1 heterocycles. The molecule has 2 aromatic carbocycles. The molecule has 0 spiro atoms. The van der Waals surface area contributed by atoms with Crippen molar-refractivity contribution < 1.29 is 14.0 Å². The van der Waals surface area contributed by atoms with E-state index < -0.39 is 0 Å². The quantitative estimate of drug-likeness (QED) is 0.677. The molecule has 6 nitrogen and oxygen atoms in total.